The predicted octanol–water partition coefficient (Wildman–Crippen LogP) is 8.08. The first-order valence-corrected chi connectivity index (χ1v) is 11.2. The van der Waals surface area contributed by atoms with Crippen molar-refractivity contribution in [2.24, 2.45) is 5.92 Å². The Balaban J connectivity index is 3.55. The van der Waals surface area contributed by atoms with Gasteiger partial charge in [-0.15, -0.1) is 0 Å². The van der Waals surface area contributed by atoms with Crippen molar-refractivity contribution >= 4 is 5.97 Å². The first-order valence-electron chi connectivity index (χ1n) is 11.2. The SMILES string of the molecule is CCCCCCCCCCCCCCCC=C(C=CCC(C)C)C(=O)O. The number of allylic oxidation sites excluding steroid dienone is 2. The minimum Gasteiger partial charge on any atom is -0.478 e. The molecule has 2 heteroatoms. The van der Waals surface area contributed by atoms with E-state index in [2.05, 4.69) is 20.8 Å². The number of hydrogen-bond acceptors (Lipinski definition) is 1. The molecule has 0 spiro atoms. The second kappa shape index (κ2) is 18.7. The average molecular weight is 365 g/mol. The van der Waals surface area contributed by atoms with Crippen LogP contribution in [0.25, 0.3) is 0 Å². The largest absolute Gasteiger partial charge is 0.478 e. The summed E-state index contributed by atoms with van der Waals surface area (Å²) in [5.74, 6) is -0.234. The third-order valence-electron chi connectivity index (χ3n) is 4.82. The van der Waals surface area contributed by atoms with Gasteiger partial charge >= 0.3 is 5.97 Å². The third kappa shape index (κ3) is 17.8. The molecular weight excluding hydrogens is 320 g/mol. The van der Waals surface area contributed by atoms with Crippen LogP contribution in [-0.2, 0) is 4.79 Å². The quantitative estimate of drug-likeness (QED) is 0.152. The molecule has 0 atom stereocenters. The van der Waals surface area contributed by atoms with Crippen LogP contribution >= 0.6 is 0 Å². The maximum Gasteiger partial charge on any atom is 0.335 e. The molecule has 0 saturated carbocycles. The molecule has 0 radical (unpaired) electrons. The second-order valence-corrected chi connectivity index (χ2v) is 8.03. The molecule has 0 heterocycles. The Morgan fingerprint density at radius 1 is 0.808 bits per heavy atom. The van der Waals surface area contributed by atoms with Gasteiger partial charge in [0.25, 0.3) is 0 Å². The predicted molar refractivity (Wildman–Crippen MR) is 115 cm³/mol. The number of hydrogen-bond donors (Lipinski definition) is 1. The van der Waals surface area contributed by atoms with E-state index in [4.69, 9.17) is 0 Å². The van der Waals surface area contributed by atoms with Crippen molar-refractivity contribution < 1.29 is 9.90 Å². The Morgan fingerprint density at radius 3 is 1.69 bits per heavy atom. The van der Waals surface area contributed by atoms with Gasteiger partial charge in [-0.3, -0.25) is 0 Å². The van der Waals surface area contributed by atoms with E-state index >= 15 is 0 Å². The summed E-state index contributed by atoms with van der Waals surface area (Å²) in [6, 6.07) is 0. The summed E-state index contributed by atoms with van der Waals surface area (Å²) in [7, 11) is 0. The van der Waals surface area contributed by atoms with E-state index in [-0.39, 0.29) is 0 Å². The lowest BCUT2D eigenvalue weighted by molar-refractivity contribution is -0.132. The number of carboxylic acids is 1. The minimum absolute atomic E-state index is 0.449. The smallest absolute Gasteiger partial charge is 0.335 e. The summed E-state index contributed by atoms with van der Waals surface area (Å²) < 4.78 is 0. The monoisotopic (exact) mass is 364 g/mol. The Kier molecular flexibility index (Phi) is 18.0. The number of carboxylic acid groups (broad SMARTS) is 1. The molecule has 0 bridgehead atoms. The van der Waals surface area contributed by atoms with Crippen molar-refractivity contribution in [3.63, 3.8) is 0 Å². The maximum absolute atomic E-state index is 11.2. The second-order valence-electron chi connectivity index (χ2n) is 8.03. The van der Waals surface area contributed by atoms with E-state index in [1.165, 1.54) is 77.0 Å². The molecule has 2 nitrogen and oxygen atoms in total. The van der Waals surface area contributed by atoms with Crippen LogP contribution in [0.15, 0.2) is 23.8 Å². The number of carbonyl (C=O) groups is 1. The molecule has 152 valence electrons. The molecule has 0 amide bonds. The van der Waals surface area contributed by atoms with Crippen LogP contribution in [0, 0.1) is 5.92 Å². The highest BCUT2D eigenvalue weighted by molar-refractivity contribution is 5.89. The highest BCUT2D eigenvalue weighted by Gasteiger charge is 2.02. The van der Waals surface area contributed by atoms with Gasteiger partial charge in [-0.25, -0.2) is 4.79 Å². The van der Waals surface area contributed by atoms with E-state index in [0.29, 0.717) is 11.5 Å². The van der Waals surface area contributed by atoms with Gasteiger partial charge in [0.15, 0.2) is 0 Å². The molecule has 0 fully saturated rings. The van der Waals surface area contributed by atoms with Crippen LogP contribution in [0.4, 0.5) is 0 Å². The van der Waals surface area contributed by atoms with Gasteiger partial charge in [-0.05, 0) is 25.2 Å². The molecule has 0 saturated heterocycles. The van der Waals surface area contributed by atoms with Gasteiger partial charge in [-0.1, -0.05) is 116 Å². The van der Waals surface area contributed by atoms with Crippen LogP contribution in [-0.4, -0.2) is 11.1 Å². The molecule has 0 aliphatic carbocycles. The zero-order chi connectivity index (χ0) is 19.5. The van der Waals surface area contributed by atoms with E-state index in [1.54, 1.807) is 6.08 Å². The molecule has 26 heavy (non-hydrogen) atoms. The summed E-state index contributed by atoms with van der Waals surface area (Å²) in [5, 5.41) is 9.22. The van der Waals surface area contributed by atoms with Crippen molar-refractivity contribution in [2.45, 2.75) is 117 Å². The molecular formula is C24H44O2. The maximum atomic E-state index is 11.2. The Labute approximate surface area is 163 Å². The summed E-state index contributed by atoms with van der Waals surface area (Å²) >= 11 is 0. The van der Waals surface area contributed by atoms with Crippen molar-refractivity contribution in [1.29, 1.82) is 0 Å². The van der Waals surface area contributed by atoms with E-state index in [9.17, 15) is 9.90 Å². The summed E-state index contributed by atoms with van der Waals surface area (Å²) in [4.78, 5) is 11.2. The molecule has 0 aliphatic heterocycles. The van der Waals surface area contributed by atoms with E-state index in [1.807, 2.05) is 12.2 Å². The van der Waals surface area contributed by atoms with Crippen LogP contribution in [0.5, 0.6) is 0 Å². The third-order valence-corrected chi connectivity index (χ3v) is 4.82. The highest BCUT2D eigenvalue weighted by atomic mass is 16.4. The molecule has 0 aromatic carbocycles. The zero-order valence-corrected chi connectivity index (χ0v) is 17.8. The normalized spacial score (nSPS) is 12.4. The van der Waals surface area contributed by atoms with Gasteiger partial charge < -0.3 is 5.11 Å². The van der Waals surface area contributed by atoms with E-state index < -0.39 is 5.97 Å². The number of rotatable bonds is 18. The van der Waals surface area contributed by atoms with Crippen molar-refractivity contribution in [3.8, 4) is 0 Å². The summed E-state index contributed by atoms with van der Waals surface area (Å²) in [6.07, 6.45) is 25.0. The van der Waals surface area contributed by atoms with Gasteiger partial charge in [-0.2, -0.15) is 0 Å². The molecule has 0 aromatic heterocycles. The molecule has 0 aromatic rings. The first-order chi connectivity index (χ1) is 12.6. The fourth-order valence-electron chi connectivity index (χ4n) is 3.11. The lowest BCUT2D eigenvalue weighted by atomic mass is 10.0. The van der Waals surface area contributed by atoms with Crippen molar-refractivity contribution in [1.82, 2.24) is 0 Å². The minimum atomic E-state index is -0.806. The standard InChI is InChI=1S/C24H44O2/c1-4-5-6-7-8-9-10-11-12-13-14-15-16-17-20-23(24(25)26)21-18-19-22(2)3/h18,20-22H,4-17,19H2,1-3H3,(H,25,26). The first kappa shape index (κ1) is 24.9. The fraction of sp³-hybridized carbons (Fsp3) is 0.792. The van der Waals surface area contributed by atoms with Crippen LogP contribution in [0.1, 0.15) is 117 Å². The average Bonchev–Trinajstić information content (AvgIpc) is 2.60. The lowest BCUT2D eigenvalue weighted by Crippen LogP contribution is -1.98. The fourth-order valence-corrected chi connectivity index (χ4v) is 3.11. The number of unbranched alkanes of at least 4 members (excludes halogenated alkanes) is 13. The van der Waals surface area contributed by atoms with Gasteiger partial charge in [0.05, 0.1) is 5.57 Å². The number of aliphatic carboxylic acids is 1. The molecule has 0 unspecified atom stereocenters. The van der Waals surface area contributed by atoms with Gasteiger partial charge in [0.2, 0.25) is 0 Å². The van der Waals surface area contributed by atoms with Crippen molar-refractivity contribution in [2.75, 3.05) is 0 Å². The highest BCUT2D eigenvalue weighted by Crippen LogP contribution is 2.13. The Hall–Kier alpha value is -1.05. The van der Waals surface area contributed by atoms with Gasteiger partial charge in [0.1, 0.15) is 0 Å². The summed E-state index contributed by atoms with van der Waals surface area (Å²) in [6.45, 7) is 6.55. The van der Waals surface area contributed by atoms with Crippen LogP contribution in [0.2, 0.25) is 0 Å². The lowest BCUT2D eigenvalue weighted by Gasteiger charge is -2.03. The molecule has 0 aliphatic rings. The molecule has 0 rings (SSSR count). The van der Waals surface area contributed by atoms with Crippen LogP contribution < -0.4 is 0 Å². The zero-order valence-electron chi connectivity index (χ0n) is 17.8. The Morgan fingerprint density at radius 2 is 1.27 bits per heavy atom. The van der Waals surface area contributed by atoms with Crippen LogP contribution in [0.3, 0.4) is 0 Å². The van der Waals surface area contributed by atoms with E-state index in [0.717, 1.165) is 19.3 Å². The van der Waals surface area contributed by atoms with Gasteiger partial charge in [0, 0.05) is 0 Å². The van der Waals surface area contributed by atoms with Crippen molar-refractivity contribution in [3.05, 3.63) is 23.8 Å². The molecule has 1 N–H and O–H groups in total. The Bertz CT molecular complexity index is 380. The topological polar surface area (TPSA) is 37.3 Å². The summed E-state index contributed by atoms with van der Waals surface area (Å²) in [5.41, 5.74) is 0.449.